The van der Waals surface area contributed by atoms with Gasteiger partial charge in [0, 0.05) is 20.2 Å². The molecule has 0 spiro atoms. The Hall–Kier alpha value is -1.01. The molecule has 1 heterocycles. The predicted molar refractivity (Wildman–Crippen MR) is 79.1 cm³/mol. The van der Waals surface area contributed by atoms with E-state index in [9.17, 15) is 0 Å². The minimum absolute atomic E-state index is 0.0944. The van der Waals surface area contributed by atoms with Crippen LogP contribution >= 0.6 is 11.5 Å². The summed E-state index contributed by atoms with van der Waals surface area (Å²) in [5, 5.41) is 0.973. The van der Waals surface area contributed by atoms with E-state index < -0.39 is 0 Å². The summed E-state index contributed by atoms with van der Waals surface area (Å²) in [6, 6.07) is 0. The van der Waals surface area contributed by atoms with Crippen LogP contribution in [-0.4, -0.2) is 37.3 Å². The van der Waals surface area contributed by atoms with Crippen molar-refractivity contribution in [2.24, 2.45) is 5.92 Å². The van der Waals surface area contributed by atoms with E-state index in [-0.39, 0.29) is 6.10 Å². The Morgan fingerprint density at radius 3 is 2.84 bits per heavy atom. The summed E-state index contributed by atoms with van der Waals surface area (Å²) in [4.78, 5) is 2.10. The normalized spacial score (nSPS) is 14.9. The van der Waals surface area contributed by atoms with Crippen molar-refractivity contribution >= 4 is 22.4 Å². The third-order valence-corrected chi connectivity index (χ3v) is 3.94. The fraction of sp³-hybridized carbons (Fsp3) is 0.769. The highest BCUT2D eigenvalue weighted by atomic mass is 32.1. The third-order valence-electron chi connectivity index (χ3n) is 2.98. The molecule has 1 aliphatic rings. The number of hydrogen-bond donors (Lipinski definition) is 1. The quantitative estimate of drug-likeness (QED) is 0.743. The van der Waals surface area contributed by atoms with Crippen LogP contribution in [0.3, 0.4) is 0 Å². The smallest absolute Gasteiger partial charge is 0.198 e. The van der Waals surface area contributed by atoms with Crippen LogP contribution in [0.1, 0.15) is 26.7 Å². The summed E-state index contributed by atoms with van der Waals surface area (Å²) < 4.78 is 15.5. The van der Waals surface area contributed by atoms with E-state index in [0.717, 1.165) is 30.7 Å². The molecule has 19 heavy (non-hydrogen) atoms. The first-order valence-electron chi connectivity index (χ1n) is 6.78. The second-order valence-electron chi connectivity index (χ2n) is 5.31. The number of likely N-dealkylation sites (N-methyl/N-ethyl adjacent to an activating group) is 1. The van der Waals surface area contributed by atoms with Gasteiger partial charge >= 0.3 is 0 Å². The van der Waals surface area contributed by atoms with Gasteiger partial charge in [0.25, 0.3) is 0 Å². The minimum Gasteiger partial charge on any atom is -0.484 e. The zero-order valence-electron chi connectivity index (χ0n) is 11.9. The lowest BCUT2D eigenvalue weighted by atomic mass is 10.4. The zero-order chi connectivity index (χ0) is 13.8. The third kappa shape index (κ3) is 4.24. The van der Waals surface area contributed by atoms with E-state index in [2.05, 4.69) is 9.27 Å². The van der Waals surface area contributed by atoms with E-state index in [1.165, 1.54) is 24.4 Å². The molecule has 1 aromatic rings. The Labute approximate surface area is 118 Å². The maximum Gasteiger partial charge on any atom is 0.198 e. The number of ether oxygens (including phenoxy) is 2. The second kappa shape index (κ2) is 6.43. The van der Waals surface area contributed by atoms with Crippen LogP contribution in [0.25, 0.3) is 0 Å². The lowest BCUT2D eigenvalue weighted by Gasteiger charge is -2.19. The lowest BCUT2D eigenvalue weighted by Crippen LogP contribution is -2.23. The molecule has 0 saturated heterocycles. The number of nitrogens with zero attached hydrogens (tertiary/aromatic N) is 2. The molecule has 1 aromatic heterocycles. The highest BCUT2D eigenvalue weighted by molar-refractivity contribution is 7.11. The summed E-state index contributed by atoms with van der Waals surface area (Å²) in [5.74, 6) is 1.98. The molecule has 5 nitrogen and oxygen atoms in total. The van der Waals surface area contributed by atoms with Crippen molar-refractivity contribution in [1.29, 1.82) is 0 Å². The van der Waals surface area contributed by atoms with Crippen LogP contribution in [0.4, 0.5) is 10.8 Å². The molecule has 2 N–H and O–H groups in total. The zero-order valence-corrected chi connectivity index (χ0v) is 12.7. The molecule has 1 fully saturated rings. The van der Waals surface area contributed by atoms with E-state index in [1.54, 1.807) is 0 Å². The van der Waals surface area contributed by atoms with Gasteiger partial charge in [-0.1, -0.05) is 0 Å². The molecule has 0 aromatic carbocycles. The SMILES string of the molecule is CC(C)Oc1c(N)nsc1N(C)CCOCC1CC1. The molecule has 0 atom stereocenters. The highest BCUT2D eigenvalue weighted by Crippen LogP contribution is 2.38. The van der Waals surface area contributed by atoms with Gasteiger partial charge in [-0.25, -0.2) is 0 Å². The standard InChI is InChI=1S/C13H23N3O2S/c1-9(2)18-11-12(14)15-19-13(11)16(3)6-7-17-8-10-4-5-10/h9-10H,4-8H2,1-3H3,(H2,14,15). The number of nitrogen functional groups attached to an aromatic ring is 1. The van der Waals surface area contributed by atoms with Gasteiger partial charge in [0.15, 0.2) is 16.6 Å². The van der Waals surface area contributed by atoms with Crippen molar-refractivity contribution in [3.8, 4) is 5.75 Å². The van der Waals surface area contributed by atoms with Crippen LogP contribution in [0, 0.1) is 5.92 Å². The minimum atomic E-state index is 0.0944. The van der Waals surface area contributed by atoms with Crippen LogP contribution in [0.5, 0.6) is 5.75 Å². The van der Waals surface area contributed by atoms with E-state index in [4.69, 9.17) is 15.2 Å². The first-order valence-corrected chi connectivity index (χ1v) is 7.56. The lowest BCUT2D eigenvalue weighted by molar-refractivity contribution is 0.131. The summed E-state index contributed by atoms with van der Waals surface area (Å²) in [5.41, 5.74) is 5.85. The molecule has 2 rings (SSSR count). The molecule has 108 valence electrons. The van der Waals surface area contributed by atoms with Crippen molar-refractivity contribution in [3.05, 3.63) is 0 Å². The van der Waals surface area contributed by atoms with Gasteiger partial charge in [-0.15, -0.1) is 0 Å². The molecular weight excluding hydrogens is 262 g/mol. The average molecular weight is 285 g/mol. The van der Waals surface area contributed by atoms with E-state index in [0.29, 0.717) is 11.6 Å². The topological polar surface area (TPSA) is 60.6 Å². The Bertz CT molecular complexity index is 405. The summed E-state index contributed by atoms with van der Waals surface area (Å²) in [6.45, 7) is 6.42. The molecule has 0 aliphatic heterocycles. The van der Waals surface area contributed by atoms with Gasteiger partial charge in [0.1, 0.15) is 0 Å². The first kappa shape index (κ1) is 14.4. The van der Waals surface area contributed by atoms with Gasteiger partial charge in [-0.05, 0) is 44.1 Å². The fourth-order valence-electron chi connectivity index (χ4n) is 1.71. The maximum atomic E-state index is 5.85. The molecule has 6 heteroatoms. The number of anilines is 2. The van der Waals surface area contributed by atoms with Crippen molar-refractivity contribution in [3.63, 3.8) is 0 Å². The number of rotatable bonds is 8. The Morgan fingerprint density at radius 2 is 2.21 bits per heavy atom. The second-order valence-corrected chi connectivity index (χ2v) is 6.06. The van der Waals surface area contributed by atoms with Crippen LogP contribution < -0.4 is 15.4 Å². The maximum absolute atomic E-state index is 5.85. The molecule has 1 aliphatic carbocycles. The highest BCUT2D eigenvalue weighted by Gasteiger charge is 2.21. The molecule has 0 bridgehead atoms. The van der Waals surface area contributed by atoms with Crippen molar-refractivity contribution in [2.45, 2.75) is 32.8 Å². The van der Waals surface area contributed by atoms with Crippen LogP contribution in [-0.2, 0) is 4.74 Å². The molecule has 0 radical (unpaired) electrons. The summed E-state index contributed by atoms with van der Waals surface area (Å²) in [6.07, 6.45) is 2.75. The van der Waals surface area contributed by atoms with Gasteiger partial charge in [0.2, 0.25) is 0 Å². The fourth-order valence-corrected chi connectivity index (χ4v) is 2.45. The Morgan fingerprint density at radius 1 is 1.47 bits per heavy atom. The number of nitrogens with two attached hydrogens (primary N) is 1. The van der Waals surface area contributed by atoms with Crippen LogP contribution in [0.15, 0.2) is 0 Å². The molecule has 0 amide bonds. The van der Waals surface area contributed by atoms with Gasteiger partial charge < -0.3 is 20.1 Å². The summed E-state index contributed by atoms with van der Waals surface area (Å²) >= 11 is 1.37. The monoisotopic (exact) mass is 285 g/mol. The van der Waals surface area contributed by atoms with Crippen molar-refractivity contribution in [1.82, 2.24) is 4.37 Å². The van der Waals surface area contributed by atoms with Crippen molar-refractivity contribution < 1.29 is 9.47 Å². The van der Waals surface area contributed by atoms with Gasteiger partial charge in [-0.2, -0.15) is 4.37 Å². The van der Waals surface area contributed by atoms with Gasteiger partial charge in [0.05, 0.1) is 12.7 Å². The predicted octanol–water partition coefficient (Wildman–Crippen LogP) is 2.38. The Balaban J connectivity index is 1.84. The largest absolute Gasteiger partial charge is 0.484 e. The first-order chi connectivity index (χ1) is 9.08. The summed E-state index contributed by atoms with van der Waals surface area (Å²) in [7, 11) is 2.01. The Kier molecular flexibility index (Phi) is 4.87. The molecule has 1 saturated carbocycles. The number of hydrogen-bond acceptors (Lipinski definition) is 6. The molecular formula is C13H23N3O2S. The molecule has 0 unspecified atom stereocenters. The van der Waals surface area contributed by atoms with Crippen molar-refractivity contribution in [2.75, 3.05) is 37.4 Å². The average Bonchev–Trinajstić information content (AvgIpc) is 3.10. The number of aromatic nitrogens is 1. The van der Waals surface area contributed by atoms with E-state index in [1.807, 2.05) is 20.9 Å². The van der Waals surface area contributed by atoms with Crippen LogP contribution in [0.2, 0.25) is 0 Å². The van der Waals surface area contributed by atoms with E-state index >= 15 is 0 Å². The van der Waals surface area contributed by atoms with Gasteiger partial charge in [-0.3, -0.25) is 0 Å².